The average molecular weight is 403 g/mol. The Labute approximate surface area is 171 Å². The summed E-state index contributed by atoms with van der Waals surface area (Å²) in [6.07, 6.45) is 5.97. The van der Waals surface area contributed by atoms with Crippen molar-refractivity contribution in [1.82, 2.24) is 14.5 Å². The highest BCUT2D eigenvalue weighted by molar-refractivity contribution is 5.99. The Bertz CT molecular complexity index is 1280. The van der Waals surface area contributed by atoms with Crippen molar-refractivity contribution in [3.05, 3.63) is 100 Å². The fraction of sp³-hybridized carbons (Fsp3) is 0.174. The van der Waals surface area contributed by atoms with Crippen LogP contribution in [0.5, 0.6) is 0 Å². The number of hydrogen-bond donors (Lipinski definition) is 0. The lowest BCUT2D eigenvalue weighted by atomic mass is 9.98. The molecule has 5 rings (SSSR count). The van der Waals surface area contributed by atoms with Gasteiger partial charge in [0, 0.05) is 25.5 Å². The third-order valence-electron chi connectivity index (χ3n) is 5.42. The van der Waals surface area contributed by atoms with Gasteiger partial charge in [-0.05, 0) is 30.2 Å². The van der Waals surface area contributed by atoms with Crippen LogP contribution in [0.2, 0.25) is 0 Å². The number of benzene rings is 2. The van der Waals surface area contributed by atoms with Gasteiger partial charge >= 0.3 is 0 Å². The Balaban J connectivity index is 1.60. The Morgan fingerprint density at radius 3 is 2.67 bits per heavy atom. The zero-order valence-corrected chi connectivity index (χ0v) is 16.0. The van der Waals surface area contributed by atoms with Gasteiger partial charge in [-0.2, -0.15) is 0 Å². The molecule has 6 nitrogen and oxygen atoms in total. The third kappa shape index (κ3) is 2.99. The Hall–Kier alpha value is -3.74. The monoisotopic (exact) mass is 403 g/mol. The summed E-state index contributed by atoms with van der Waals surface area (Å²) in [6.45, 7) is 1.13. The van der Waals surface area contributed by atoms with Crippen LogP contribution in [-0.4, -0.2) is 26.9 Å². The summed E-state index contributed by atoms with van der Waals surface area (Å²) >= 11 is 0. The van der Waals surface area contributed by atoms with Gasteiger partial charge in [0.1, 0.15) is 11.4 Å². The van der Waals surface area contributed by atoms with E-state index in [1.165, 1.54) is 12.1 Å². The number of halogens is 1. The minimum atomic E-state index is -0.569. The quantitative estimate of drug-likeness (QED) is 0.509. The lowest BCUT2D eigenvalue weighted by Crippen LogP contribution is -2.31. The molecule has 30 heavy (non-hydrogen) atoms. The van der Waals surface area contributed by atoms with Crippen LogP contribution in [-0.2, 0) is 6.54 Å². The van der Waals surface area contributed by atoms with Crippen molar-refractivity contribution in [3.8, 4) is 0 Å². The number of fused-ring (bicyclic) bond motifs is 2. The van der Waals surface area contributed by atoms with Gasteiger partial charge in [-0.3, -0.25) is 9.59 Å². The number of carbonyl (C=O) groups is 1. The summed E-state index contributed by atoms with van der Waals surface area (Å²) in [5, 5.41) is 0.141. The van der Waals surface area contributed by atoms with Crippen LogP contribution in [0.25, 0.3) is 11.0 Å². The van der Waals surface area contributed by atoms with Gasteiger partial charge in [-0.1, -0.05) is 30.3 Å². The van der Waals surface area contributed by atoms with Crippen molar-refractivity contribution in [2.24, 2.45) is 0 Å². The summed E-state index contributed by atoms with van der Waals surface area (Å²) in [7, 11) is 0. The molecule has 1 aliphatic heterocycles. The molecule has 4 aromatic rings. The van der Waals surface area contributed by atoms with Crippen LogP contribution < -0.4 is 5.43 Å². The van der Waals surface area contributed by atoms with Crippen LogP contribution in [0, 0.1) is 5.82 Å². The Morgan fingerprint density at radius 2 is 1.90 bits per heavy atom. The second kappa shape index (κ2) is 7.26. The highest BCUT2D eigenvalue weighted by Gasteiger charge is 2.42. The topological polar surface area (TPSA) is 68.3 Å². The first-order valence-corrected chi connectivity index (χ1v) is 9.71. The molecule has 1 atom stereocenters. The van der Waals surface area contributed by atoms with Crippen molar-refractivity contribution < 1.29 is 13.6 Å². The minimum Gasteiger partial charge on any atom is -0.450 e. The van der Waals surface area contributed by atoms with Crippen molar-refractivity contribution in [1.29, 1.82) is 0 Å². The van der Waals surface area contributed by atoms with Gasteiger partial charge in [0.25, 0.3) is 5.91 Å². The standard InChI is InChI=1S/C23H18FN3O3/c24-16-7-8-18-17(13-16)21(28)19-20(15-5-2-1-3-6-15)27(23(29)22(19)30-18)11-4-10-26-12-9-25-14-26/h1-3,5-9,12-14,20H,4,10-11H2. The van der Waals surface area contributed by atoms with E-state index in [9.17, 15) is 14.0 Å². The van der Waals surface area contributed by atoms with Gasteiger partial charge in [0.15, 0.2) is 5.43 Å². The maximum absolute atomic E-state index is 13.8. The minimum absolute atomic E-state index is 0.0376. The molecule has 2 aromatic heterocycles. The van der Waals surface area contributed by atoms with E-state index in [4.69, 9.17) is 4.42 Å². The first kappa shape index (κ1) is 18.3. The zero-order valence-electron chi connectivity index (χ0n) is 16.0. The maximum atomic E-state index is 13.8. The lowest BCUT2D eigenvalue weighted by molar-refractivity contribution is 0.0723. The predicted molar refractivity (Wildman–Crippen MR) is 109 cm³/mol. The molecule has 0 bridgehead atoms. The Morgan fingerprint density at radius 1 is 1.07 bits per heavy atom. The van der Waals surface area contributed by atoms with Crippen LogP contribution in [0.15, 0.2) is 76.5 Å². The molecule has 3 heterocycles. The molecule has 2 aromatic carbocycles. The molecule has 1 unspecified atom stereocenters. The molecular weight excluding hydrogens is 385 g/mol. The van der Waals surface area contributed by atoms with Crippen molar-refractivity contribution >= 4 is 16.9 Å². The molecule has 0 aliphatic carbocycles. The number of aromatic nitrogens is 2. The highest BCUT2D eigenvalue weighted by Crippen LogP contribution is 2.38. The van der Waals surface area contributed by atoms with Gasteiger partial charge in [0.05, 0.1) is 23.3 Å². The maximum Gasteiger partial charge on any atom is 0.290 e. The van der Waals surface area contributed by atoms with E-state index in [2.05, 4.69) is 4.98 Å². The largest absolute Gasteiger partial charge is 0.450 e. The predicted octanol–water partition coefficient (Wildman–Crippen LogP) is 3.76. The summed E-state index contributed by atoms with van der Waals surface area (Å²) < 4.78 is 21.5. The van der Waals surface area contributed by atoms with Crippen LogP contribution in [0.4, 0.5) is 4.39 Å². The van der Waals surface area contributed by atoms with E-state index in [1.54, 1.807) is 17.4 Å². The normalized spacial score (nSPS) is 15.7. The molecule has 1 aliphatic rings. The second-order valence-electron chi connectivity index (χ2n) is 7.28. The van der Waals surface area contributed by atoms with E-state index in [1.807, 2.05) is 41.1 Å². The van der Waals surface area contributed by atoms with Crippen LogP contribution in [0.3, 0.4) is 0 Å². The molecular formula is C23H18FN3O3. The molecule has 0 fully saturated rings. The van der Waals surface area contributed by atoms with E-state index in [-0.39, 0.29) is 33.6 Å². The third-order valence-corrected chi connectivity index (χ3v) is 5.42. The molecule has 1 amide bonds. The molecule has 0 spiro atoms. The number of imidazole rings is 1. The SMILES string of the molecule is O=C1c2oc3ccc(F)cc3c(=O)c2C(c2ccccc2)N1CCCn1ccnc1. The number of rotatable bonds is 5. The molecule has 0 radical (unpaired) electrons. The number of carbonyl (C=O) groups excluding carboxylic acids is 1. The number of hydrogen-bond acceptors (Lipinski definition) is 4. The van der Waals surface area contributed by atoms with E-state index in [0.717, 1.165) is 11.6 Å². The molecule has 7 heteroatoms. The first-order valence-electron chi connectivity index (χ1n) is 9.71. The number of aryl methyl sites for hydroxylation is 1. The van der Waals surface area contributed by atoms with Crippen molar-refractivity contribution in [2.45, 2.75) is 19.0 Å². The average Bonchev–Trinajstić information content (AvgIpc) is 3.37. The van der Waals surface area contributed by atoms with Crippen LogP contribution in [0.1, 0.15) is 34.1 Å². The van der Waals surface area contributed by atoms with Crippen molar-refractivity contribution in [3.63, 3.8) is 0 Å². The molecule has 0 N–H and O–H groups in total. The van der Waals surface area contributed by atoms with Crippen LogP contribution >= 0.6 is 0 Å². The van der Waals surface area contributed by atoms with E-state index < -0.39 is 11.9 Å². The summed E-state index contributed by atoms with van der Waals surface area (Å²) in [5.41, 5.74) is 0.924. The van der Waals surface area contributed by atoms with Gasteiger partial charge < -0.3 is 13.9 Å². The van der Waals surface area contributed by atoms with E-state index in [0.29, 0.717) is 19.5 Å². The lowest BCUT2D eigenvalue weighted by Gasteiger charge is -2.25. The van der Waals surface area contributed by atoms with E-state index >= 15 is 0 Å². The summed E-state index contributed by atoms with van der Waals surface area (Å²) in [5.74, 6) is -0.809. The zero-order chi connectivity index (χ0) is 20.7. The number of nitrogens with zero attached hydrogens (tertiary/aromatic N) is 3. The van der Waals surface area contributed by atoms with Gasteiger partial charge in [0.2, 0.25) is 5.76 Å². The van der Waals surface area contributed by atoms with Gasteiger partial charge in [-0.15, -0.1) is 0 Å². The Kier molecular flexibility index (Phi) is 4.43. The molecule has 0 saturated heterocycles. The second-order valence-corrected chi connectivity index (χ2v) is 7.28. The fourth-order valence-corrected chi connectivity index (χ4v) is 4.05. The highest BCUT2D eigenvalue weighted by atomic mass is 19.1. The first-order chi connectivity index (χ1) is 14.6. The summed E-state index contributed by atoms with van der Waals surface area (Å²) in [6, 6.07) is 12.6. The van der Waals surface area contributed by atoms with Crippen molar-refractivity contribution in [2.75, 3.05) is 6.54 Å². The van der Waals surface area contributed by atoms with Gasteiger partial charge in [-0.25, -0.2) is 9.37 Å². The molecule has 0 saturated carbocycles. The number of amides is 1. The molecule has 150 valence electrons. The smallest absolute Gasteiger partial charge is 0.290 e. The fourth-order valence-electron chi connectivity index (χ4n) is 4.05. The summed E-state index contributed by atoms with van der Waals surface area (Å²) in [4.78, 5) is 32.2.